The molecule has 0 aromatic rings. The van der Waals surface area contributed by atoms with Crippen LogP contribution in [0, 0.1) is 5.92 Å². The van der Waals surface area contributed by atoms with Crippen molar-refractivity contribution in [3.8, 4) is 0 Å². The van der Waals surface area contributed by atoms with E-state index in [0.29, 0.717) is 5.92 Å². The molecule has 3 N–H and O–H groups in total. The maximum Gasteiger partial charge on any atom is 0.407 e. The second kappa shape index (κ2) is 6.41. The largest absolute Gasteiger partial charge is 0.444 e. The zero-order chi connectivity index (χ0) is 14.6. The van der Waals surface area contributed by atoms with Crippen LogP contribution in [0.2, 0.25) is 0 Å². The lowest BCUT2D eigenvalue weighted by atomic mass is 9.92. The summed E-state index contributed by atoms with van der Waals surface area (Å²) >= 11 is 0. The van der Waals surface area contributed by atoms with Crippen LogP contribution in [0.5, 0.6) is 0 Å². The highest BCUT2D eigenvalue weighted by Crippen LogP contribution is 2.16. The van der Waals surface area contributed by atoms with Gasteiger partial charge in [-0.05, 0) is 53.4 Å². The van der Waals surface area contributed by atoms with Crippen molar-refractivity contribution < 1.29 is 9.53 Å². The molecule has 0 saturated heterocycles. The van der Waals surface area contributed by atoms with Crippen molar-refractivity contribution in [1.29, 1.82) is 0 Å². The van der Waals surface area contributed by atoms with E-state index in [4.69, 9.17) is 10.5 Å². The summed E-state index contributed by atoms with van der Waals surface area (Å²) < 4.78 is 5.27. The molecule has 108 valence electrons. The van der Waals surface area contributed by atoms with Crippen molar-refractivity contribution in [3.63, 3.8) is 0 Å². The van der Waals surface area contributed by atoms with E-state index in [1.165, 1.54) is 0 Å². The molecule has 18 heavy (non-hydrogen) atoms. The van der Waals surface area contributed by atoms with Crippen molar-refractivity contribution in [1.82, 2.24) is 5.32 Å². The van der Waals surface area contributed by atoms with Gasteiger partial charge in [-0.25, -0.2) is 4.79 Å². The van der Waals surface area contributed by atoms with E-state index in [2.05, 4.69) is 19.2 Å². The molecule has 4 heteroatoms. The lowest BCUT2D eigenvalue weighted by Gasteiger charge is -2.28. The molecule has 0 aliphatic rings. The summed E-state index contributed by atoms with van der Waals surface area (Å²) in [6.45, 7) is 13.8. The highest BCUT2D eigenvalue weighted by atomic mass is 16.6. The van der Waals surface area contributed by atoms with Gasteiger partial charge in [-0.15, -0.1) is 0 Å². The molecular weight excluding hydrogens is 228 g/mol. The molecule has 0 bridgehead atoms. The van der Waals surface area contributed by atoms with Gasteiger partial charge in [0.25, 0.3) is 0 Å². The summed E-state index contributed by atoms with van der Waals surface area (Å²) in [7, 11) is 0. The van der Waals surface area contributed by atoms with Crippen LogP contribution in [0.15, 0.2) is 0 Å². The van der Waals surface area contributed by atoms with E-state index in [-0.39, 0.29) is 17.7 Å². The van der Waals surface area contributed by atoms with Crippen molar-refractivity contribution in [2.24, 2.45) is 11.7 Å². The molecule has 0 radical (unpaired) electrons. The smallest absolute Gasteiger partial charge is 0.407 e. The molecule has 1 atom stereocenters. The number of amides is 1. The fourth-order valence-electron chi connectivity index (χ4n) is 1.56. The summed E-state index contributed by atoms with van der Waals surface area (Å²) in [5.74, 6) is 0.361. The highest BCUT2D eigenvalue weighted by Gasteiger charge is 2.23. The predicted octanol–water partition coefficient (Wildman–Crippen LogP) is 3.05. The van der Waals surface area contributed by atoms with Crippen LogP contribution in [-0.2, 0) is 4.74 Å². The first-order valence-electron chi connectivity index (χ1n) is 6.69. The van der Waals surface area contributed by atoms with Gasteiger partial charge in [0.15, 0.2) is 0 Å². The third-order valence-corrected chi connectivity index (χ3v) is 2.61. The van der Waals surface area contributed by atoms with Crippen LogP contribution in [-0.4, -0.2) is 23.3 Å². The first-order valence-corrected chi connectivity index (χ1v) is 6.69. The Morgan fingerprint density at radius 2 is 1.72 bits per heavy atom. The third-order valence-electron chi connectivity index (χ3n) is 2.61. The minimum absolute atomic E-state index is 0.0997. The molecular formula is C14H30N2O2. The molecule has 0 aromatic carbocycles. The summed E-state index contributed by atoms with van der Waals surface area (Å²) in [4.78, 5) is 11.7. The zero-order valence-corrected chi connectivity index (χ0v) is 13.0. The summed E-state index contributed by atoms with van der Waals surface area (Å²) in [5, 5.41) is 2.93. The third kappa shape index (κ3) is 9.28. The normalized spacial score (nSPS) is 14.5. The number of carbonyl (C=O) groups excluding carboxylic acids is 1. The van der Waals surface area contributed by atoms with E-state index in [0.717, 1.165) is 12.8 Å². The maximum absolute atomic E-state index is 11.7. The number of ether oxygens (including phenoxy) is 1. The molecule has 4 nitrogen and oxygen atoms in total. The van der Waals surface area contributed by atoms with Gasteiger partial charge in [0.05, 0.1) is 0 Å². The molecule has 0 heterocycles. The van der Waals surface area contributed by atoms with Crippen LogP contribution in [0.1, 0.15) is 61.3 Å². The van der Waals surface area contributed by atoms with Gasteiger partial charge in [0.1, 0.15) is 5.60 Å². The van der Waals surface area contributed by atoms with E-state index in [1.54, 1.807) is 0 Å². The lowest BCUT2D eigenvalue weighted by Crippen LogP contribution is -2.43. The maximum atomic E-state index is 11.7. The van der Waals surface area contributed by atoms with Crippen molar-refractivity contribution in [3.05, 3.63) is 0 Å². The number of carbonyl (C=O) groups is 1. The van der Waals surface area contributed by atoms with Gasteiger partial charge < -0.3 is 15.8 Å². The number of nitrogens with one attached hydrogen (secondary N) is 1. The van der Waals surface area contributed by atoms with Gasteiger partial charge in [0, 0.05) is 11.6 Å². The van der Waals surface area contributed by atoms with Crippen molar-refractivity contribution >= 4 is 6.09 Å². The molecule has 0 aliphatic carbocycles. The first kappa shape index (κ1) is 17.2. The summed E-state index contributed by atoms with van der Waals surface area (Å²) in [5.41, 5.74) is 5.31. The Bertz CT molecular complexity index is 262. The average Bonchev–Trinajstić information content (AvgIpc) is 2.06. The number of rotatable bonds is 5. The van der Waals surface area contributed by atoms with Crippen LogP contribution < -0.4 is 11.1 Å². The molecule has 0 saturated carbocycles. The molecule has 1 unspecified atom stereocenters. The standard InChI is InChI=1S/C14H30N2O2/c1-10(2)11(8-9-14(6,7)15)16-12(17)18-13(3,4)5/h10-11H,8-9,15H2,1-7H3,(H,16,17). The second-order valence-corrected chi connectivity index (χ2v) is 7.02. The van der Waals surface area contributed by atoms with E-state index >= 15 is 0 Å². The monoisotopic (exact) mass is 258 g/mol. The Hall–Kier alpha value is -0.770. The van der Waals surface area contributed by atoms with Crippen LogP contribution >= 0.6 is 0 Å². The Morgan fingerprint density at radius 3 is 2.06 bits per heavy atom. The number of hydrogen-bond acceptors (Lipinski definition) is 3. The number of nitrogens with two attached hydrogens (primary N) is 1. The average molecular weight is 258 g/mol. The fourth-order valence-corrected chi connectivity index (χ4v) is 1.56. The molecule has 0 fully saturated rings. The SMILES string of the molecule is CC(C)C(CCC(C)(C)N)NC(=O)OC(C)(C)C. The molecule has 0 aliphatic heterocycles. The van der Waals surface area contributed by atoms with Gasteiger partial charge in [-0.2, -0.15) is 0 Å². The fraction of sp³-hybridized carbons (Fsp3) is 0.929. The Kier molecular flexibility index (Phi) is 6.14. The van der Waals surface area contributed by atoms with Gasteiger partial charge in [-0.3, -0.25) is 0 Å². The highest BCUT2D eigenvalue weighted by molar-refractivity contribution is 5.68. The zero-order valence-electron chi connectivity index (χ0n) is 13.0. The van der Waals surface area contributed by atoms with Crippen molar-refractivity contribution in [2.45, 2.75) is 78.5 Å². The Labute approximate surface area is 112 Å². The van der Waals surface area contributed by atoms with Gasteiger partial charge in [0.2, 0.25) is 0 Å². The second-order valence-electron chi connectivity index (χ2n) is 7.02. The van der Waals surface area contributed by atoms with Crippen molar-refractivity contribution in [2.75, 3.05) is 0 Å². The van der Waals surface area contributed by atoms with Gasteiger partial charge in [-0.1, -0.05) is 13.8 Å². The van der Waals surface area contributed by atoms with E-state index in [1.807, 2.05) is 34.6 Å². The lowest BCUT2D eigenvalue weighted by molar-refractivity contribution is 0.0484. The van der Waals surface area contributed by atoms with E-state index < -0.39 is 5.60 Å². The molecule has 1 amide bonds. The van der Waals surface area contributed by atoms with E-state index in [9.17, 15) is 4.79 Å². The summed E-state index contributed by atoms with van der Waals surface area (Å²) in [6.07, 6.45) is 1.38. The Balaban J connectivity index is 4.33. The predicted molar refractivity (Wildman–Crippen MR) is 75.5 cm³/mol. The minimum atomic E-state index is -0.460. The minimum Gasteiger partial charge on any atom is -0.444 e. The molecule has 0 spiro atoms. The van der Waals surface area contributed by atoms with Crippen LogP contribution in [0.4, 0.5) is 4.79 Å². The van der Waals surface area contributed by atoms with Gasteiger partial charge >= 0.3 is 6.09 Å². The molecule has 0 rings (SSSR count). The van der Waals surface area contributed by atoms with Crippen LogP contribution in [0.25, 0.3) is 0 Å². The first-order chi connectivity index (χ1) is 7.91. The molecule has 0 aromatic heterocycles. The quantitative estimate of drug-likeness (QED) is 0.796. The topological polar surface area (TPSA) is 64.3 Å². The number of alkyl carbamates (subject to hydrolysis) is 1. The number of hydrogen-bond donors (Lipinski definition) is 2. The summed E-state index contributed by atoms with van der Waals surface area (Å²) in [6, 6.07) is 0.0997. The Morgan fingerprint density at radius 1 is 1.22 bits per heavy atom. The van der Waals surface area contributed by atoms with Crippen LogP contribution in [0.3, 0.4) is 0 Å².